The fourth-order valence-electron chi connectivity index (χ4n) is 2.53. The number of hydrogen-bond acceptors (Lipinski definition) is 4. The van der Waals surface area contributed by atoms with Gasteiger partial charge in [-0.1, -0.05) is 12.1 Å². The zero-order valence-electron chi connectivity index (χ0n) is 16.7. The summed E-state index contributed by atoms with van der Waals surface area (Å²) in [5.74, 6) is 0.539. The summed E-state index contributed by atoms with van der Waals surface area (Å²) in [6.07, 6.45) is -3.76. The molecule has 0 radical (unpaired) electrons. The maximum Gasteiger partial charge on any atom is 0.401 e. The second-order valence-corrected chi connectivity index (χ2v) is 6.11. The van der Waals surface area contributed by atoms with Gasteiger partial charge in [0.05, 0.1) is 13.2 Å². The van der Waals surface area contributed by atoms with Gasteiger partial charge in [0.2, 0.25) is 0 Å². The summed E-state index contributed by atoms with van der Waals surface area (Å²) in [6, 6.07) is 4.81. The number of rotatable bonds is 11. The molecule has 0 atom stereocenters. The molecule has 0 saturated carbocycles. The Morgan fingerprint density at radius 2 is 1.97 bits per heavy atom. The van der Waals surface area contributed by atoms with Crippen molar-refractivity contribution in [2.24, 2.45) is 4.99 Å². The van der Waals surface area contributed by atoms with Crippen LogP contribution in [0.1, 0.15) is 18.9 Å². The van der Waals surface area contributed by atoms with Crippen LogP contribution in [0.3, 0.4) is 0 Å². The molecule has 11 heteroatoms. The van der Waals surface area contributed by atoms with Crippen molar-refractivity contribution in [3.8, 4) is 11.5 Å². The first-order valence-corrected chi connectivity index (χ1v) is 9.05. The number of hydrogen-bond donors (Lipinski definition) is 2. The average molecular weight is 426 g/mol. The molecule has 0 unspecified atom stereocenters. The molecule has 1 rings (SSSR count). The van der Waals surface area contributed by atoms with Crippen LogP contribution >= 0.6 is 0 Å². The SMILES string of the molecule is CCOc1cccc(CNC(=NC)NCCCN(C)CC(F)(F)F)c1OC(F)F. The molecule has 0 saturated heterocycles. The summed E-state index contributed by atoms with van der Waals surface area (Å²) in [5, 5.41) is 5.93. The Kier molecular flexibility index (Phi) is 10.5. The van der Waals surface area contributed by atoms with Gasteiger partial charge < -0.3 is 20.1 Å². The van der Waals surface area contributed by atoms with Crippen LogP contribution in [-0.2, 0) is 6.54 Å². The minimum absolute atomic E-state index is 0.0546. The van der Waals surface area contributed by atoms with Crippen LogP contribution in [0.15, 0.2) is 23.2 Å². The van der Waals surface area contributed by atoms with Crippen LogP contribution < -0.4 is 20.1 Å². The van der Waals surface area contributed by atoms with Gasteiger partial charge in [-0.2, -0.15) is 22.0 Å². The topological polar surface area (TPSA) is 58.1 Å². The number of guanidine groups is 1. The highest BCUT2D eigenvalue weighted by molar-refractivity contribution is 5.79. The minimum atomic E-state index is -4.23. The number of nitrogens with zero attached hydrogens (tertiary/aromatic N) is 2. The van der Waals surface area contributed by atoms with Crippen molar-refractivity contribution in [1.29, 1.82) is 0 Å². The Labute approximate surface area is 167 Å². The summed E-state index contributed by atoms with van der Waals surface area (Å²) in [7, 11) is 2.93. The van der Waals surface area contributed by atoms with Crippen molar-refractivity contribution in [3.05, 3.63) is 23.8 Å². The van der Waals surface area contributed by atoms with Gasteiger partial charge in [-0.3, -0.25) is 9.89 Å². The lowest BCUT2D eigenvalue weighted by molar-refractivity contribution is -0.143. The van der Waals surface area contributed by atoms with Crippen molar-refractivity contribution in [2.75, 3.05) is 40.3 Å². The minimum Gasteiger partial charge on any atom is -0.490 e. The molecule has 0 bridgehead atoms. The second-order valence-electron chi connectivity index (χ2n) is 6.11. The number of benzene rings is 1. The monoisotopic (exact) mass is 426 g/mol. The van der Waals surface area contributed by atoms with E-state index in [2.05, 4.69) is 20.4 Å². The number of aliphatic imine (C=N–C) groups is 1. The molecule has 0 amide bonds. The Hall–Kier alpha value is -2.30. The summed E-state index contributed by atoms with van der Waals surface area (Å²) in [6.45, 7) is -1.16. The summed E-state index contributed by atoms with van der Waals surface area (Å²) in [4.78, 5) is 5.19. The summed E-state index contributed by atoms with van der Waals surface area (Å²) in [5.41, 5.74) is 0.448. The van der Waals surface area contributed by atoms with Crippen molar-refractivity contribution < 1.29 is 31.4 Å². The maximum atomic E-state index is 12.8. The van der Waals surface area contributed by atoms with Crippen molar-refractivity contribution in [1.82, 2.24) is 15.5 Å². The quantitative estimate of drug-likeness (QED) is 0.246. The molecule has 1 aromatic rings. The fraction of sp³-hybridized carbons (Fsp3) is 0.611. The van der Waals surface area contributed by atoms with E-state index in [1.807, 2.05) is 0 Å². The number of halogens is 5. The second kappa shape index (κ2) is 12.3. The Balaban J connectivity index is 2.57. The number of alkyl halides is 5. The van der Waals surface area contributed by atoms with Crippen molar-refractivity contribution >= 4 is 5.96 Å². The molecule has 0 heterocycles. The van der Waals surface area contributed by atoms with Crippen LogP contribution in [0, 0.1) is 0 Å². The molecule has 0 aliphatic rings. The highest BCUT2D eigenvalue weighted by Gasteiger charge is 2.28. The molecule has 0 aromatic heterocycles. The highest BCUT2D eigenvalue weighted by Crippen LogP contribution is 2.32. The average Bonchev–Trinajstić information content (AvgIpc) is 2.61. The van der Waals surface area contributed by atoms with Crippen LogP contribution in [0.2, 0.25) is 0 Å². The van der Waals surface area contributed by atoms with Gasteiger partial charge in [0.25, 0.3) is 0 Å². The van der Waals surface area contributed by atoms with Gasteiger partial charge in [-0.05, 0) is 33.0 Å². The van der Waals surface area contributed by atoms with Gasteiger partial charge in [0.15, 0.2) is 17.5 Å². The third kappa shape index (κ3) is 10.2. The Bertz CT molecular complexity index is 641. The van der Waals surface area contributed by atoms with E-state index in [4.69, 9.17) is 4.74 Å². The predicted octanol–water partition coefficient (Wildman–Crippen LogP) is 3.24. The summed E-state index contributed by atoms with van der Waals surface area (Å²) >= 11 is 0. The molecule has 0 fully saturated rings. The van der Waals surface area contributed by atoms with E-state index in [0.29, 0.717) is 31.1 Å². The van der Waals surface area contributed by atoms with E-state index in [0.717, 1.165) is 0 Å². The maximum absolute atomic E-state index is 12.8. The molecule has 1 aromatic carbocycles. The van der Waals surface area contributed by atoms with E-state index < -0.39 is 19.3 Å². The van der Waals surface area contributed by atoms with E-state index in [1.165, 1.54) is 25.1 Å². The number of ether oxygens (including phenoxy) is 2. The first-order chi connectivity index (χ1) is 13.7. The molecule has 0 spiro atoms. The van der Waals surface area contributed by atoms with Crippen LogP contribution in [0.4, 0.5) is 22.0 Å². The van der Waals surface area contributed by atoms with E-state index >= 15 is 0 Å². The lowest BCUT2D eigenvalue weighted by atomic mass is 10.2. The van der Waals surface area contributed by atoms with E-state index in [9.17, 15) is 22.0 Å². The molecular formula is C18H27F5N4O2. The highest BCUT2D eigenvalue weighted by atomic mass is 19.4. The van der Waals surface area contributed by atoms with Crippen molar-refractivity contribution in [3.63, 3.8) is 0 Å². The fourth-order valence-corrected chi connectivity index (χ4v) is 2.53. The van der Waals surface area contributed by atoms with Crippen LogP contribution in [-0.4, -0.2) is 64.0 Å². The Morgan fingerprint density at radius 3 is 2.55 bits per heavy atom. The molecule has 0 aliphatic carbocycles. The number of para-hydroxylation sites is 1. The van der Waals surface area contributed by atoms with Gasteiger partial charge >= 0.3 is 12.8 Å². The van der Waals surface area contributed by atoms with Gasteiger partial charge in [-0.25, -0.2) is 0 Å². The molecule has 2 N–H and O–H groups in total. The molecule has 0 aliphatic heterocycles. The number of nitrogens with one attached hydrogen (secondary N) is 2. The van der Waals surface area contributed by atoms with Crippen LogP contribution in [0.25, 0.3) is 0 Å². The van der Waals surface area contributed by atoms with Gasteiger partial charge in [-0.15, -0.1) is 0 Å². The first kappa shape index (κ1) is 24.7. The zero-order valence-corrected chi connectivity index (χ0v) is 16.7. The van der Waals surface area contributed by atoms with Gasteiger partial charge in [0.1, 0.15) is 0 Å². The first-order valence-electron chi connectivity index (χ1n) is 9.05. The molecule has 166 valence electrons. The Morgan fingerprint density at radius 1 is 1.24 bits per heavy atom. The lowest BCUT2D eigenvalue weighted by Gasteiger charge is -2.19. The molecular weight excluding hydrogens is 399 g/mol. The standard InChI is InChI=1S/C18H27F5N4O2/c1-4-28-14-8-5-7-13(15(14)29-16(19)20)11-26-17(24-2)25-9-6-10-27(3)12-18(21,22)23/h5,7-8,16H,4,6,9-12H2,1-3H3,(H2,24,25,26). The lowest BCUT2D eigenvalue weighted by Crippen LogP contribution is -2.39. The third-order valence-corrected chi connectivity index (χ3v) is 3.70. The normalized spacial score (nSPS) is 12.4. The van der Waals surface area contributed by atoms with E-state index in [1.54, 1.807) is 19.1 Å². The van der Waals surface area contributed by atoms with Gasteiger partial charge in [0, 0.05) is 25.7 Å². The zero-order chi connectivity index (χ0) is 21.9. The van der Waals surface area contributed by atoms with Crippen molar-refractivity contribution in [2.45, 2.75) is 32.7 Å². The molecule has 6 nitrogen and oxygen atoms in total. The van der Waals surface area contributed by atoms with E-state index in [-0.39, 0.29) is 24.6 Å². The smallest absolute Gasteiger partial charge is 0.401 e. The predicted molar refractivity (Wildman–Crippen MR) is 101 cm³/mol. The summed E-state index contributed by atoms with van der Waals surface area (Å²) < 4.78 is 72.3. The molecule has 29 heavy (non-hydrogen) atoms. The third-order valence-electron chi connectivity index (χ3n) is 3.70. The van der Waals surface area contributed by atoms with Crippen LogP contribution in [0.5, 0.6) is 11.5 Å². The largest absolute Gasteiger partial charge is 0.490 e.